The quantitative estimate of drug-likeness (QED) is 0.715. The van der Waals surface area contributed by atoms with Gasteiger partial charge in [-0.15, -0.1) is 0 Å². The number of nitrogens with one attached hydrogen (secondary N) is 1. The molecule has 14 heavy (non-hydrogen) atoms. The van der Waals surface area contributed by atoms with Crippen LogP contribution in [0.4, 0.5) is 0 Å². The van der Waals surface area contributed by atoms with Crippen molar-refractivity contribution >= 4 is 0 Å². The summed E-state index contributed by atoms with van der Waals surface area (Å²) >= 11 is 0. The van der Waals surface area contributed by atoms with Crippen molar-refractivity contribution in [2.24, 2.45) is 17.3 Å². The Bertz CT molecular complexity index is 169. The minimum atomic E-state index is 0.491. The first-order chi connectivity index (χ1) is 6.38. The fourth-order valence-electron chi connectivity index (χ4n) is 2.41. The van der Waals surface area contributed by atoms with Crippen molar-refractivity contribution in [3.8, 4) is 0 Å². The van der Waals surface area contributed by atoms with Gasteiger partial charge in [0.15, 0.2) is 0 Å². The van der Waals surface area contributed by atoms with E-state index in [4.69, 9.17) is 0 Å². The van der Waals surface area contributed by atoms with Gasteiger partial charge in [0.25, 0.3) is 0 Å². The minimum Gasteiger partial charge on any atom is -0.313 e. The van der Waals surface area contributed by atoms with Gasteiger partial charge in [0, 0.05) is 6.04 Å². The molecule has 84 valence electrons. The molecule has 0 aromatic heterocycles. The molecule has 1 nitrogen and oxygen atoms in total. The standard InChI is InChI=1S/C13H27N/c1-10-8-11(2)12(14-9-10)6-7-13(3,4)5/h10-12,14H,6-9H2,1-5H3. The average Bonchev–Trinajstić information content (AvgIpc) is 2.00. The molecule has 1 heteroatoms. The SMILES string of the molecule is CC1CNC(CCC(C)(C)C)C(C)C1. The Hall–Kier alpha value is -0.0400. The van der Waals surface area contributed by atoms with Crippen LogP contribution < -0.4 is 5.32 Å². The topological polar surface area (TPSA) is 12.0 Å². The first kappa shape index (κ1) is 12.0. The molecule has 1 aliphatic rings. The third-order valence-electron chi connectivity index (χ3n) is 3.39. The maximum atomic E-state index is 3.69. The fourth-order valence-corrected chi connectivity index (χ4v) is 2.41. The molecule has 0 saturated carbocycles. The summed E-state index contributed by atoms with van der Waals surface area (Å²) in [7, 11) is 0. The van der Waals surface area contributed by atoms with Gasteiger partial charge in [0.2, 0.25) is 0 Å². The highest BCUT2D eigenvalue weighted by Gasteiger charge is 2.25. The monoisotopic (exact) mass is 197 g/mol. The summed E-state index contributed by atoms with van der Waals surface area (Å²) < 4.78 is 0. The lowest BCUT2D eigenvalue weighted by Crippen LogP contribution is -2.43. The first-order valence-electron chi connectivity index (χ1n) is 6.12. The van der Waals surface area contributed by atoms with E-state index in [1.54, 1.807) is 0 Å². The van der Waals surface area contributed by atoms with Crippen molar-refractivity contribution in [1.29, 1.82) is 0 Å². The zero-order valence-electron chi connectivity index (χ0n) is 10.6. The van der Waals surface area contributed by atoms with Crippen LogP contribution >= 0.6 is 0 Å². The lowest BCUT2D eigenvalue weighted by Gasteiger charge is -2.35. The van der Waals surface area contributed by atoms with Crippen LogP contribution in [0.1, 0.15) is 53.9 Å². The second-order valence-electron chi connectivity index (χ2n) is 6.43. The Balaban J connectivity index is 2.31. The van der Waals surface area contributed by atoms with Gasteiger partial charge in [0.05, 0.1) is 0 Å². The Labute approximate surface area is 89.7 Å². The molecule has 0 bridgehead atoms. The van der Waals surface area contributed by atoms with E-state index in [1.807, 2.05) is 0 Å². The van der Waals surface area contributed by atoms with E-state index >= 15 is 0 Å². The lowest BCUT2D eigenvalue weighted by molar-refractivity contribution is 0.211. The van der Waals surface area contributed by atoms with Gasteiger partial charge in [-0.2, -0.15) is 0 Å². The average molecular weight is 197 g/mol. The maximum absolute atomic E-state index is 3.69. The smallest absolute Gasteiger partial charge is 0.00931 e. The van der Waals surface area contributed by atoms with Gasteiger partial charge >= 0.3 is 0 Å². The molecule has 1 fully saturated rings. The maximum Gasteiger partial charge on any atom is 0.00931 e. The molecule has 1 heterocycles. The molecule has 0 radical (unpaired) electrons. The van der Waals surface area contributed by atoms with E-state index in [-0.39, 0.29) is 0 Å². The molecule has 1 saturated heterocycles. The van der Waals surface area contributed by atoms with Crippen molar-refractivity contribution < 1.29 is 0 Å². The Morgan fingerprint density at radius 1 is 1.21 bits per heavy atom. The van der Waals surface area contributed by atoms with Gasteiger partial charge in [-0.1, -0.05) is 34.6 Å². The van der Waals surface area contributed by atoms with Gasteiger partial charge in [-0.3, -0.25) is 0 Å². The van der Waals surface area contributed by atoms with Gasteiger partial charge < -0.3 is 5.32 Å². The Kier molecular flexibility index (Phi) is 4.00. The predicted molar refractivity (Wildman–Crippen MR) is 63.4 cm³/mol. The summed E-state index contributed by atoms with van der Waals surface area (Å²) in [5.41, 5.74) is 0.491. The van der Waals surface area contributed by atoms with Crippen LogP contribution in [-0.2, 0) is 0 Å². The second-order valence-corrected chi connectivity index (χ2v) is 6.43. The molecular weight excluding hydrogens is 170 g/mol. The number of rotatable bonds is 2. The summed E-state index contributed by atoms with van der Waals surface area (Å²) in [6.07, 6.45) is 4.09. The van der Waals surface area contributed by atoms with E-state index in [2.05, 4.69) is 39.9 Å². The van der Waals surface area contributed by atoms with E-state index in [0.717, 1.165) is 17.9 Å². The Morgan fingerprint density at radius 2 is 1.86 bits per heavy atom. The van der Waals surface area contributed by atoms with E-state index in [9.17, 15) is 0 Å². The van der Waals surface area contributed by atoms with Crippen molar-refractivity contribution in [3.05, 3.63) is 0 Å². The summed E-state index contributed by atoms with van der Waals surface area (Å²) in [6.45, 7) is 13.0. The van der Waals surface area contributed by atoms with Gasteiger partial charge in [0.1, 0.15) is 0 Å². The molecule has 1 aliphatic heterocycles. The van der Waals surface area contributed by atoms with E-state index in [1.165, 1.54) is 25.8 Å². The fraction of sp³-hybridized carbons (Fsp3) is 1.00. The van der Waals surface area contributed by atoms with Crippen molar-refractivity contribution in [1.82, 2.24) is 5.32 Å². The van der Waals surface area contributed by atoms with Crippen LogP contribution in [0.5, 0.6) is 0 Å². The molecule has 0 spiro atoms. The summed E-state index contributed by atoms with van der Waals surface area (Å²) in [5.74, 6) is 1.73. The molecular formula is C13H27N. The first-order valence-corrected chi connectivity index (χ1v) is 6.12. The number of piperidine rings is 1. The van der Waals surface area contributed by atoms with Crippen LogP contribution in [0.25, 0.3) is 0 Å². The predicted octanol–water partition coefficient (Wildman–Crippen LogP) is 3.45. The van der Waals surface area contributed by atoms with E-state index in [0.29, 0.717) is 5.41 Å². The highest BCUT2D eigenvalue weighted by molar-refractivity contribution is 4.82. The zero-order chi connectivity index (χ0) is 10.8. The molecule has 0 amide bonds. The normalized spacial score (nSPS) is 34.5. The van der Waals surface area contributed by atoms with Crippen LogP contribution in [0, 0.1) is 17.3 Å². The Morgan fingerprint density at radius 3 is 2.36 bits per heavy atom. The van der Waals surface area contributed by atoms with Crippen molar-refractivity contribution in [2.45, 2.75) is 59.9 Å². The molecule has 3 atom stereocenters. The molecule has 3 unspecified atom stereocenters. The summed E-state index contributed by atoms with van der Waals surface area (Å²) in [6, 6.07) is 0.769. The summed E-state index contributed by atoms with van der Waals surface area (Å²) in [4.78, 5) is 0. The van der Waals surface area contributed by atoms with E-state index < -0.39 is 0 Å². The second kappa shape index (κ2) is 4.65. The van der Waals surface area contributed by atoms with Gasteiger partial charge in [-0.25, -0.2) is 0 Å². The molecule has 0 aromatic rings. The van der Waals surface area contributed by atoms with Crippen molar-refractivity contribution in [2.75, 3.05) is 6.54 Å². The zero-order valence-corrected chi connectivity index (χ0v) is 10.6. The van der Waals surface area contributed by atoms with Crippen LogP contribution in [0.15, 0.2) is 0 Å². The molecule has 1 rings (SSSR count). The van der Waals surface area contributed by atoms with Crippen LogP contribution in [-0.4, -0.2) is 12.6 Å². The highest BCUT2D eigenvalue weighted by atomic mass is 14.9. The van der Waals surface area contributed by atoms with Crippen LogP contribution in [0.2, 0.25) is 0 Å². The minimum absolute atomic E-state index is 0.491. The third-order valence-corrected chi connectivity index (χ3v) is 3.39. The van der Waals surface area contributed by atoms with Crippen molar-refractivity contribution in [3.63, 3.8) is 0 Å². The molecule has 0 aliphatic carbocycles. The summed E-state index contributed by atoms with van der Waals surface area (Å²) in [5, 5.41) is 3.69. The largest absolute Gasteiger partial charge is 0.313 e. The molecule has 0 aromatic carbocycles. The highest BCUT2D eigenvalue weighted by Crippen LogP contribution is 2.27. The van der Waals surface area contributed by atoms with Gasteiger partial charge in [-0.05, 0) is 43.1 Å². The number of hydrogen-bond donors (Lipinski definition) is 1. The molecule has 1 N–H and O–H groups in total. The van der Waals surface area contributed by atoms with Crippen LogP contribution in [0.3, 0.4) is 0 Å². The number of hydrogen-bond acceptors (Lipinski definition) is 1. The lowest BCUT2D eigenvalue weighted by atomic mass is 9.81. The third kappa shape index (κ3) is 4.00.